The maximum atomic E-state index is 11.9. The first-order valence-electron chi connectivity index (χ1n) is 5.06. The second kappa shape index (κ2) is 4.71. The summed E-state index contributed by atoms with van der Waals surface area (Å²) in [6, 6.07) is 5.72. The number of carbonyl (C=O) groups is 1. The smallest absolute Gasteiger partial charge is 0.260 e. The molecule has 1 N–H and O–H groups in total. The van der Waals surface area contributed by atoms with Crippen LogP contribution in [0.4, 0.5) is 5.69 Å². The Morgan fingerprint density at radius 2 is 2.18 bits per heavy atom. The summed E-state index contributed by atoms with van der Waals surface area (Å²) in [6.07, 6.45) is 1.34. The molecule has 5 heteroatoms. The molecular weight excluding hydrogens is 284 g/mol. The van der Waals surface area contributed by atoms with E-state index in [0.29, 0.717) is 11.3 Å². The van der Waals surface area contributed by atoms with Crippen LogP contribution in [0.15, 0.2) is 33.5 Å². The molecule has 0 bridgehead atoms. The number of benzene rings is 1. The lowest BCUT2D eigenvalue weighted by molar-refractivity contribution is 0.102. The minimum absolute atomic E-state index is 0.228. The molecule has 17 heavy (non-hydrogen) atoms. The highest BCUT2D eigenvalue weighted by Gasteiger charge is 2.13. The molecule has 1 heterocycles. The van der Waals surface area contributed by atoms with Gasteiger partial charge in [-0.05, 0) is 47.5 Å². The summed E-state index contributed by atoms with van der Waals surface area (Å²) < 4.78 is 5.58. The summed E-state index contributed by atoms with van der Waals surface area (Å²) >= 11 is 3.40. The van der Waals surface area contributed by atoms with Crippen LogP contribution in [-0.4, -0.2) is 11.1 Å². The third-order valence-electron chi connectivity index (χ3n) is 2.37. The number of aryl methyl sites for hydroxylation is 2. The van der Waals surface area contributed by atoms with Gasteiger partial charge in [-0.25, -0.2) is 0 Å². The highest BCUT2D eigenvalue weighted by molar-refractivity contribution is 9.10. The molecule has 0 fully saturated rings. The van der Waals surface area contributed by atoms with E-state index in [1.54, 1.807) is 6.92 Å². The predicted molar refractivity (Wildman–Crippen MR) is 68.1 cm³/mol. The van der Waals surface area contributed by atoms with Crippen molar-refractivity contribution < 1.29 is 9.32 Å². The standard InChI is InChI=1S/C12H11BrN2O2/c1-7-3-4-11(10(13)5-7)14-12(16)9-6-17-15-8(9)2/h3-6H,1-2H3,(H,14,16). The summed E-state index contributed by atoms with van der Waals surface area (Å²) in [5, 5.41) is 6.46. The van der Waals surface area contributed by atoms with E-state index in [1.165, 1.54) is 6.26 Å². The average molecular weight is 295 g/mol. The number of aromatic nitrogens is 1. The van der Waals surface area contributed by atoms with E-state index in [2.05, 4.69) is 26.4 Å². The Bertz CT molecular complexity index is 563. The zero-order valence-electron chi connectivity index (χ0n) is 9.45. The van der Waals surface area contributed by atoms with Gasteiger partial charge in [-0.3, -0.25) is 4.79 Å². The maximum absolute atomic E-state index is 11.9. The number of halogens is 1. The van der Waals surface area contributed by atoms with E-state index in [0.717, 1.165) is 15.7 Å². The van der Waals surface area contributed by atoms with Gasteiger partial charge in [-0.1, -0.05) is 11.2 Å². The molecule has 0 radical (unpaired) electrons. The molecule has 0 aliphatic carbocycles. The van der Waals surface area contributed by atoms with Gasteiger partial charge in [0.25, 0.3) is 5.91 Å². The summed E-state index contributed by atoms with van der Waals surface area (Å²) in [5.74, 6) is -0.228. The number of amides is 1. The highest BCUT2D eigenvalue weighted by atomic mass is 79.9. The van der Waals surface area contributed by atoms with Gasteiger partial charge in [0.15, 0.2) is 0 Å². The monoisotopic (exact) mass is 294 g/mol. The first-order valence-corrected chi connectivity index (χ1v) is 5.85. The van der Waals surface area contributed by atoms with Crippen molar-refractivity contribution in [2.24, 2.45) is 0 Å². The van der Waals surface area contributed by atoms with E-state index in [-0.39, 0.29) is 5.91 Å². The van der Waals surface area contributed by atoms with E-state index in [9.17, 15) is 4.79 Å². The molecular formula is C12H11BrN2O2. The van der Waals surface area contributed by atoms with Crippen LogP contribution < -0.4 is 5.32 Å². The second-order valence-electron chi connectivity index (χ2n) is 3.75. The van der Waals surface area contributed by atoms with Gasteiger partial charge >= 0.3 is 0 Å². The summed E-state index contributed by atoms with van der Waals surface area (Å²) in [6.45, 7) is 3.71. The summed E-state index contributed by atoms with van der Waals surface area (Å²) in [7, 11) is 0. The first kappa shape index (κ1) is 11.9. The van der Waals surface area contributed by atoms with Gasteiger partial charge < -0.3 is 9.84 Å². The topological polar surface area (TPSA) is 55.1 Å². The Labute approximate surface area is 107 Å². The van der Waals surface area contributed by atoms with E-state index < -0.39 is 0 Å². The Morgan fingerprint density at radius 3 is 2.76 bits per heavy atom. The lowest BCUT2D eigenvalue weighted by atomic mass is 10.2. The third kappa shape index (κ3) is 2.55. The molecule has 0 aliphatic rings. The number of rotatable bonds is 2. The van der Waals surface area contributed by atoms with Crippen molar-refractivity contribution in [3.05, 3.63) is 45.8 Å². The van der Waals surface area contributed by atoms with Crippen LogP contribution in [-0.2, 0) is 0 Å². The lowest BCUT2D eigenvalue weighted by Crippen LogP contribution is -2.12. The zero-order chi connectivity index (χ0) is 12.4. The number of nitrogens with zero attached hydrogens (tertiary/aromatic N) is 1. The van der Waals surface area contributed by atoms with Crippen molar-refractivity contribution in [2.75, 3.05) is 5.32 Å². The average Bonchev–Trinajstić information content (AvgIpc) is 2.68. The molecule has 2 aromatic rings. The van der Waals surface area contributed by atoms with Crippen LogP contribution >= 0.6 is 15.9 Å². The van der Waals surface area contributed by atoms with Crippen LogP contribution in [0.1, 0.15) is 21.6 Å². The van der Waals surface area contributed by atoms with Crippen molar-refractivity contribution in [3.63, 3.8) is 0 Å². The summed E-state index contributed by atoms with van der Waals surface area (Å²) in [5.41, 5.74) is 2.86. The Morgan fingerprint density at radius 1 is 1.41 bits per heavy atom. The Hall–Kier alpha value is -1.62. The highest BCUT2D eigenvalue weighted by Crippen LogP contribution is 2.24. The van der Waals surface area contributed by atoms with Gasteiger partial charge in [0.1, 0.15) is 11.8 Å². The predicted octanol–water partition coefficient (Wildman–Crippen LogP) is 3.31. The maximum Gasteiger partial charge on any atom is 0.260 e. The fourth-order valence-corrected chi connectivity index (χ4v) is 2.01. The number of nitrogens with one attached hydrogen (secondary N) is 1. The molecule has 0 unspecified atom stereocenters. The quantitative estimate of drug-likeness (QED) is 0.924. The number of hydrogen-bond donors (Lipinski definition) is 1. The second-order valence-corrected chi connectivity index (χ2v) is 4.61. The van der Waals surface area contributed by atoms with Crippen molar-refractivity contribution in [3.8, 4) is 0 Å². The molecule has 1 amide bonds. The van der Waals surface area contributed by atoms with Gasteiger partial charge in [-0.15, -0.1) is 0 Å². The van der Waals surface area contributed by atoms with Crippen molar-refractivity contribution in [1.82, 2.24) is 5.16 Å². The summed E-state index contributed by atoms with van der Waals surface area (Å²) in [4.78, 5) is 11.9. The van der Waals surface area contributed by atoms with Crippen molar-refractivity contribution >= 4 is 27.5 Å². The molecule has 0 saturated heterocycles. The van der Waals surface area contributed by atoms with Crippen molar-refractivity contribution in [2.45, 2.75) is 13.8 Å². The molecule has 4 nitrogen and oxygen atoms in total. The minimum Gasteiger partial charge on any atom is -0.364 e. The lowest BCUT2D eigenvalue weighted by Gasteiger charge is -2.06. The van der Waals surface area contributed by atoms with Gasteiger partial charge in [-0.2, -0.15) is 0 Å². The van der Waals surface area contributed by atoms with E-state index in [1.807, 2.05) is 25.1 Å². The van der Waals surface area contributed by atoms with Crippen LogP contribution in [0.3, 0.4) is 0 Å². The van der Waals surface area contributed by atoms with E-state index in [4.69, 9.17) is 4.52 Å². The fraction of sp³-hybridized carbons (Fsp3) is 0.167. The Kier molecular flexibility index (Phi) is 3.28. The molecule has 2 rings (SSSR count). The normalized spacial score (nSPS) is 10.3. The zero-order valence-corrected chi connectivity index (χ0v) is 11.0. The molecule has 0 spiro atoms. The number of anilines is 1. The van der Waals surface area contributed by atoms with Crippen LogP contribution in [0.2, 0.25) is 0 Å². The van der Waals surface area contributed by atoms with Crippen LogP contribution in [0.25, 0.3) is 0 Å². The molecule has 1 aromatic heterocycles. The van der Waals surface area contributed by atoms with Crippen LogP contribution in [0, 0.1) is 13.8 Å². The van der Waals surface area contributed by atoms with Gasteiger partial charge in [0.05, 0.1) is 11.4 Å². The first-order chi connectivity index (χ1) is 8.08. The van der Waals surface area contributed by atoms with E-state index >= 15 is 0 Å². The largest absolute Gasteiger partial charge is 0.364 e. The molecule has 0 aliphatic heterocycles. The number of hydrogen-bond acceptors (Lipinski definition) is 3. The van der Waals surface area contributed by atoms with Gasteiger partial charge in [0, 0.05) is 4.47 Å². The minimum atomic E-state index is -0.228. The fourth-order valence-electron chi connectivity index (χ4n) is 1.42. The molecule has 0 saturated carbocycles. The molecule has 0 atom stereocenters. The van der Waals surface area contributed by atoms with Crippen LogP contribution in [0.5, 0.6) is 0 Å². The van der Waals surface area contributed by atoms with Crippen molar-refractivity contribution in [1.29, 1.82) is 0 Å². The number of carbonyl (C=O) groups excluding carboxylic acids is 1. The molecule has 88 valence electrons. The SMILES string of the molecule is Cc1ccc(NC(=O)c2conc2C)c(Br)c1. The third-order valence-corrected chi connectivity index (χ3v) is 3.02. The molecule has 1 aromatic carbocycles. The van der Waals surface area contributed by atoms with Gasteiger partial charge in [0.2, 0.25) is 0 Å². The Balaban J connectivity index is 2.22.